The summed E-state index contributed by atoms with van der Waals surface area (Å²) in [7, 11) is 1.51. The maximum atomic E-state index is 11.7. The number of anilines is 1. The fourth-order valence-electron chi connectivity index (χ4n) is 1.22. The number of hydrogen-bond acceptors (Lipinski definition) is 3. The molecule has 0 bridgehead atoms. The van der Waals surface area contributed by atoms with E-state index in [9.17, 15) is 9.59 Å². The summed E-state index contributed by atoms with van der Waals surface area (Å²) in [6, 6.07) is 5.20. The minimum atomic E-state index is -0.343. The molecule has 0 radical (unpaired) electrons. The van der Waals surface area contributed by atoms with Crippen LogP contribution in [0.2, 0.25) is 0 Å². The number of nitrogens with two attached hydrogens (primary N) is 1. The van der Waals surface area contributed by atoms with Crippen molar-refractivity contribution in [2.45, 2.75) is 6.92 Å². The zero-order chi connectivity index (χ0) is 12.1. The molecule has 0 atom stereocenters. The van der Waals surface area contributed by atoms with Crippen LogP contribution in [0.1, 0.15) is 15.9 Å². The fourth-order valence-corrected chi connectivity index (χ4v) is 1.22. The molecule has 0 aliphatic rings. The summed E-state index contributed by atoms with van der Waals surface area (Å²) >= 11 is 0. The highest BCUT2D eigenvalue weighted by molar-refractivity contribution is 6.01. The second-order valence-electron chi connectivity index (χ2n) is 3.39. The first-order valence-electron chi connectivity index (χ1n) is 4.90. The number of likely N-dealkylation sites (N-methyl/N-ethyl adjacent to an activating group) is 1. The number of para-hydroxylation sites is 1. The molecule has 5 nitrogen and oxygen atoms in total. The van der Waals surface area contributed by atoms with Gasteiger partial charge in [-0.05, 0) is 18.6 Å². The highest BCUT2D eigenvalue weighted by atomic mass is 16.2. The number of aryl methyl sites for hydroxylation is 1. The number of nitrogens with one attached hydrogen (secondary N) is 2. The third-order valence-electron chi connectivity index (χ3n) is 2.26. The molecule has 86 valence electrons. The van der Waals surface area contributed by atoms with Crippen molar-refractivity contribution in [3.63, 3.8) is 0 Å². The van der Waals surface area contributed by atoms with E-state index in [1.807, 2.05) is 13.0 Å². The molecule has 1 aromatic rings. The van der Waals surface area contributed by atoms with E-state index in [2.05, 4.69) is 10.6 Å². The van der Waals surface area contributed by atoms with Gasteiger partial charge in [-0.2, -0.15) is 0 Å². The van der Waals surface area contributed by atoms with E-state index in [1.165, 1.54) is 7.05 Å². The summed E-state index contributed by atoms with van der Waals surface area (Å²) in [5, 5.41) is 4.90. The molecule has 5 heteroatoms. The lowest BCUT2D eigenvalue weighted by atomic mass is 10.1. The van der Waals surface area contributed by atoms with Crippen LogP contribution in [0.25, 0.3) is 0 Å². The highest BCUT2D eigenvalue weighted by Gasteiger charge is 2.11. The SMILES string of the molecule is CNC(=O)CNC(=O)c1cccc(C)c1N. The van der Waals surface area contributed by atoms with Gasteiger partial charge in [0.05, 0.1) is 12.1 Å². The van der Waals surface area contributed by atoms with Gasteiger partial charge in [-0.25, -0.2) is 0 Å². The molecule has 0 saturated carbocycles. The normalized spacial score (nSPS) is 9.62. The first-order valence-corrected chi connectivity index (χ1v) is 4.90. The summed E-state index contributed by atoms with van der Waals surface area (Å²) in [6.45, 7) is 1.77. The zero-order valence-electron chi connectivity index (χ0n) is 9.33. The molecule has 0 saturated heterocycles. The summed E-state index contributed by atoms with van der Waals surface area (Å²) < 4.78 is 0. The number of carbonyl (C=O) groups is 2. The quantitative estimate of drug-likeness (QED) is 0.631. The number of carbonyl (C=O) groups excluding carboxylic acids is 2. The van der Waals surface area contributed by atoms with Crippen molar-refractivity contribution in [2.24, 2.45) is 0 Å². The van der Waals surface area contributed by atoms with Gasteiger partial charge in [0.1, 0.15) is 0 Å². The van der Waals surface area contributed by atoms with Crippen molar-refractivity contribution in [3.05, 3.63) is 29.3 Å². The highest BCUT2D eigenvalue weighted by Crippen LogP contribution is 2.15. The summed E-state index contributed by atoms with van der Waals surface area (Å²) in [4.78, 5) is 22.6. The third kappa shape index (κ3) is 2.73. The lowest BCUT2D eigenvalue weighted by Gasteiger charge is -2.08. The molecule has 1 rings (SSSR count). The minimum absolute atomic E-state index is 0.0529. The maximum absolute atomic E-state index is 11.7. The van der Waals surface area contributed by atoms with E-state index in [4.69, 9.17) is 5.73 Å². The molecule has 0 aliphatic carbocycles. The van der Waals surface area contributed by atoms with Gasteiger partial charge in [-0.1, -0.05) is 12.1 Å². The van der Waals surface area contributed by atoms with Crippen LogP contribution in [0.3, 0.4) is 0 Å². The first kappa shape index (κ1) is 12.0. The molecule has 0 spiro atoms. The van der Waals surface area contributed by atoms with Crippen molar-refractivity contribution in [1.82, 2.24) is 10.6 Å². The minimum Gasteiger partial charge on any atom is -0.398 e. The molecule has 0 unspecified atom stereocenters. The fraction of sp³-hybridized carbons (Fsp3) is 0.273. The van der Waals surface area contributed by atoms with Crippen LogP contribution in [0.5, 0.6) is 0 Å². The van der Waals surface area contributed by atoms with E-state index in [-0.39, 0.29) is 18.4 Å². The molecule has 0 heterocycles. The van der Waals surface area contributed by atoms with E-state index >= 15 is 0 Å². The molecular formula is C11H15N3O2. The van der Waals surface area contributed by atoms with Gasteiger partial charge in [-0.3, -0.25) is 9.59 Å². The number of hydrogen-bond donors (Lipinski definition) is 3. The Balaban J connectivity index is 2.74. The smallest absolute Gasteiger partial charge is 0.253 e. The van der Waals surface area contributed by atoms with Gasteiger partial charge < -0.3 is 16.4 Å². The van der Waals surface area contributed by atoms with E-state index in [1.54, 1.807) is 12.1 Å². The lowest BCUT2D eigenvalue weighted by Crippen LogP contribution is -2.35. The van der Waals surface area contributed by atoms with Crippen LogP contribution in [0.4, 0.5) is 5.69 Å². The van der Waals surface area contributed by atoms with Crippen LogP contribution in [-0.2, 0) is 4.79 Å². The van der Waals surface area contributed by atoms with Crippen molar-refractivity contribution in [1.29, 1.82) is 0 Å². The zero-order valence-corrected chi connectivity index (χ0v) is 9.33. The molecular weight excluding hydrogens is 206 g/mol. The third-order valence-corrected chi connectivity index (χ3v) is 2.26. The van der Waals surface area contributed by atoms with Crippen LogP contribution >= 0.6 is 0 Å². The summed E-state index contributed by atoms with van der Waals surface area (Å²) in [6.07, 6.45) is 0. The standard InChI is InChI=1S/C11H15N3O2/c1-7-4-3-5-8(10(7)12)11(16)14-6-9(15)13-2/h3-5H,6,12H2,1-2H3,(H,13,15)(H,14,16). The Kier molecular flexibility index (Phi) is 3.88. The predicted molar refractivity (Wildman–Crippen MR) is 62.0 cm³/mol. The van der Waals surface area contributed by atoms with Crippen LogP contribution in [0.15, 0.2) is 18.2 Å². The Morgan fingerprint density at radius 3 is 2.69 bits per heavy atom. The molecule has 2 amide bonds. The van der Waals surface area contributed by atoms with Crippen LogP contribution in [0, 0.1) is 6.92 Å². The Morgan fingerprint density at radius 1 is 1.38 bits per heavy atom. The molecule has 4 N–H and O–H groups in total. The molecule has 1 aromatic carbocycles. The largest absolute Gasteiger partial charge is 0.398 e. The van der Waals surface area contributed by atoms with E-state index in [0.717, 1.165) is 5.56 Å². The second kappa shape index (κ2) is 5.16. The monoisotopic (exact) mass is 221 g/mol. The second-order valence-corrected chi connectivity index (χ2v) is 3.39. The van der Waals surface area contributed by atoms with Gasteiger partial charge >= 0.3 is 0 Å². The molecule has 0 aliphatic heterocycles. The van der Waals surface area contributed by atoms with Gasteiger partial charge in [0.25, 0.3) is 5.91 Å². The van der Waals surface area contributed by atoms with Gasteiger partial charge in [0.15, 0.2) is 0 Å². The number of nitrogen functional groups attached to an aromatic ring is 1. The van der Waals surface area contributed by atoms with E-state index < -0.39 is 0 Å². The van der Waals surface area contributed by atoms with Crippen LogP contribution < -0.4 is 16.4 Å². The lowest BCUT2D eigenvalue weighted by molar-refractivity contribution is -0.119. The molecule has 0 fully saturated rings. The Morgan fingerprint density at radius 2 is 2.06 bits per heavy atom. The first-order chi connectivity index (χ1) is 7.56. The van der Waals surface area contributed by atoms with Crippen LogP contribution in [-0.4, -0.2) is 25.4 Å². The average molecular weight is 221 g/mol. The Hall–Kier alpha value is -2.04. The van der Waals surface area contributed by atoms with Crippen molar-refractivity contribution in [3.8, 4) is 0 Å². The Labute approximate surface area is 94.0 Å². The summed E-state index contributed by atoms with van der Waals surface area (Å²) in [5.41, 5.74) is 7.44. The van der Waals surface area contributed by atoms with Crippen molar-refractivity contribution in [2.75, 3.05) is 19.3 Å². The van der Waals surface area contributed by atoms with Gasteiger partial charge in [-0.15, -0.1) is 0 Å². The van der Waals surface area contributed by atoms with Gasteiger partial charge in [0, 0.05) is 12.7 Å². The molecule has 16 heavy (non-hydrogen) atoms. The number of amides is 2. The Bertz CT molecular complexity index is 416. The number of benzene rings is 1. The maximum Gasteiger partial charge on any atom is 0.253 e. The predicted octanol–water partition coefficient (Wildman–Crippen LogP) is 0.0530. The average Bonchev–Trinajstić information content (AvgIpc) is 2.29. The number of rotatable bonds is 3. The van der Waals surface area contributed by atoms with Crippen molar-refractivity contribution < 1.29 is 9.59 Å². The topological polar surface area (TPSA) is 84.2 Å². The summed E-state index contributed by atoms with van der Waals surface area (Å²) in [5.74, 6) is -0.593. The van der Waals surface area contributed by atoms with Gasteiger partial charge in [0.2, 0.25) is 5.91 Å². The molecule has 0 aromatic heterocycles. The van der Waals surface area contributed by atoms with Crippen molar-refractivity contribution >= 4 is 17.5 Å². The van der Waals surface area contributed by atoms with E-state index in [0.29, 0.717) is 11.3 Å².